The number of carbonyl (C=O) groups excluding carboxylic acids is 1. The molecule has 0 saturated heterocycles. The molecule has 0 amide bonds. The van der Waals surface area contributed by atoms with Gasteiger partial charge >= 0.3 is 0 Å². The molecule has 14 heavy (non-hydrogen) atoms. The quantitative estimate of drug-likeness (QED) is 0.485. The Kier molecular flexibility index (Phi) is 3.55. The Hall–Kier alpha value is -1.00. The Balaban J connectivity index is 3.21. The summed E-state index contributed by atoms with van der Waals surface area (Å²) >= 11 is 10.8. The van der Waals surface area contributed by atoms with Crippen molar-refractivity contribution < 1.29 is 14.3 Å². The maximum absolute atomic E-state index is 12.9. The zero-order chi connectivity index (χ0) is 10.7. The van der Waals surface area contributed by atoms with Gasteiger partial charge in [-0.25, -0.2) is 14.2 Å². The van der Waals surface area contributed by atoms with Crippen molar-refractivity contribution in [3.05, 3.63) is 27.8 Å². The second-order valence-electron chi connectivity index (χ2n) is 2.24. The minimum absolute atomic E-state index is 0.142. The van der Waals surface area contributed by atoms with Crippen LogP contribution in [0.15, 0.2) is 11.1 Å². The van der Waals surface area contributed by atoms with Crippen molar-refractivity contribution in [3.63, 3.8) is 0 Å². The second-order valence-corrected chi connectivity index (χ2v) is 2.95. The highest BCUT2D eigenvalue weighted by atomic mass is 35.5. The average Bonchev–Trinajstić information content (AvgIpc) is 2.11. The van der Waals surface area contributed by atoms with Gasteiger partial charge in [-0.05, 0) is 6.07 Å². The fraction of sp³-hybridized carbons (Fsp3) is 0.143. The number of nitrogens with zero attached hydrogens (tertiary/aromatic N) is 2. The lowest BCUT2D eigenvalue weighted by Gasteiger charge is -2.05. The van der Waals surface area contributed by atoms with Gasteiger partial charge in [0, 0.05) is 5.56 Å². The van der Waals surface area contributed by atoms with E-state index in [0.717, 1.165) is 12.1 Å². The van der Waals surface area contributed by atoms with Crippen molar-refractivity contribution in [2.45, 2.75) is 6.23 Å². The molecule has 7 heteroatoms. The molecule has 0 fully saturated rings. The molecule has 0 saturated carbocycles. The molecule has 0 aliphatic rings. The van der Waals surface area contributed by atoms with Gasteiger partial charge < -0.3 is 5.11 Å². The van der Waals surface area contributed by atoms with Crippen LogP contribution in [0, 0.1) is 5.82 Å². The molecule has 0 bridgehead atoms. The van der Waals surface area contributed by atoms with E-state index in [9.17, 15) is 9.18 Å². The first-order chi connectivity index (χ1) is 6.56. The van der Waals surface area contributed by atoms with Crippen LogP contribution in [0.2, 0.25) is 10.3 Å². The van der Waals surface area contributed by atoms with Gasteiger partial charge in [-0.2, -0.15) is 4.99 Å². The molecule has 0 aliphatic carbocycles. The highest BCUT2D eigenvalue weighted by molar-refractivity contribution is 6.32. The highest BCUT2D eigenvalue weighted by Gasteiger charge is 2.15. The van der Waals surface area contributed by atoms with Crippen LogP contribution in [-0.4, -0.2) is 16.2 Å². The van der Waals surface area contributed by atoms with Gasteiger partial charge in [0.25, 0.3) is 0 Å². The van der Waals surface area contributed by atoms with Crippen molar-refractivity contribution in [1.29, 1.82) is 0 Å². The van der Waals surface area contributed by atoms with E-state index >= 15 is 0 Å². The number of aliphatic hydroxyl groups is 1. The Morgan fingerprint density at radius 1 is 1.57 bits per heavy atom. The number of isocyanates is 1. The Bertz CT molecular complexity index is 407. The van der Waals surface area contributed by atoms with Crippen LogP contribution in [0.5, 0.6) is 0 Å². The van der Waals surface area contributed by atoms with Crippen molar-refractivity contribution >= 4 is 29.3 Å². The lowest BCUT2D eigenvalue weighted by atomic mass is 10.2. The monoisotopic (exact) mass is 236 g/mol. The predicted molar refractivity (Wildman–Crippen MR) is 47.3 cm³/mol. The molecule has 74 valence electrons. The summed E-state index contributed by atoms with van der Waals surface area (Å²) in [4.78, 5) is 16.1. The van der Waals surface area contributed by atoms with Crippen LogP contribution >= 0.6 is 23.2 Å². The molecule has 0 radical (unpaired) electrons. The highest BCUT2D eigenvalue weighted by Crippen LogP contribution is 2.25. The minimum Gasteiger partial charge on any atom is -0.367 e. The smallest absolute Gasteiger partial charge is 0.238 e. The Morgan fingerprint density at radius 2 is 2.21 bits per heavy atom. The first-order valence-electron chi connectivity index (χ1n) is 3.32. The van der Waals surface area contributed by atoms with Gasteiger partial charge in [0.2, 0.25) is 6.08 Å². The molecule has 1 rings (SSSR count). The number of aliphatic hydroxyl groups excluding tert-OH is 1. The van der Waals surface area contributed by atoms with Gasteiger partial charge in [0.15, 0.2) is 17.2 Å². The molecule has 1 aromatic heterocycles. The Labute approximate surface area is 88.0 Å². The maximum Gasteiger partial charge on any atom is 0.238 e. The van der Waals surface area contributed by atoms with Crippen LogP contribution in [-0.2, 0) is 4.79 Å². The molecule has 1 unspecified atom stereocenters. The van der Waals surface area contributed by atoms with Crippen molar-refractivity contribution in [1.82, 2.24) is 4.98 Å². The Morgan fingerprint density at radius 3 is 2.79 bits per heavy atom. The lowest BCUT2D eigenvalue weighted by molar-refractivity contribution is 0.187. The molecule has 1 heterocycles. The number of rotatable bonds is 2. The SMILES string of the molecule is O=C=NC(O)c1cc(F)c(Cl)nc1Cl. The summed E-state index contributed by atoms with van der Waals surface area (Å²) in [5, 5.41) is 8.52. The minimum atomic E-state index is -1.58. The zero-order valence-electron chi connectivity index (χ0n) is 6.54. The third kappa shape index (κ3) is 2.27. The lowest BCUT2D eigenvalue weighted by Crippen LogP contribution is -1.98. The molecule has 1 aromatic rings. The number of hydrogen-bond donors (Lipinski definition) is 1. The van der Waals surface area contributed by atoms with Crippen molar-refractivity contribution in [2.75, 3.05) is 0 Å². The van der Waals surface area contributed by atoms with Gasteiger partial charge in [-0.15, -0.1) is 0 Å². The van der Waals surface area contributed by atoms with Crippen LogP contribution in [0.1, 0.15) is 11.8 Å². The zero-order valence-corrected chi connectivity index (χ0v) is 8.05. The number of aromatic nitrogens is 1. The van der Waals surface area contributed by atoms with Gasteiger partial charge in [0.05, 0.1) is 0 Å². The van der Waals surface area contributed by atoms with Crippen LogP contribution < -0.4 is 0 Å². The normalized spacial score (nSPS) is 12.0. The van der Waals surface area contributed by atoms with Crippen LogP contribution in [0.25, 0.3) is 0 Å². The molecule has 4 nitrogen and oxygen atoms in total. The van der Waals surface area contributed by atoms with Crippen LogP contribution in [0.3, 0.4) is 0 Å². The van der Waals surface area contributed by atoms with E-state index < -0.39 is 17.2 Å². The molecular weight excluding hydrogens is 234 g/mol. The first kappa shape index (κ1) is 11.1. The van der Waals surface area contributed by atoms with E-state index in [1.807, 2.05) is 0 Å². The average molecular weight is 237 g/mol. The fourth-order valence-corrected chi connectivity index (χ4v) is 1.18. The van der Waals surface area contributed by atoms with Crippen LogP contribution in [0.4, 0.5) is 4.39 Å². The van der Waals surface area contributed by atoms with E-state index in [1.165, 1.54) is 0 Å². The molecule has 1 N–H and O–H groups in total. The predicted octanol–water partition coefficient (Wildman–Crippen LogP) is 1.85. The summed E-state index contributed by atoms with van der Waals surface area (Å²) in [6.45, 7) is 0. The summed E-state index contributed by atoms with van der Waals surface area (Å²) in [5.41, 5.74) is -0.142. The standard InChI is InChI=1S/C7H3Cl2FN2O2/c8-5-3(7(14)11-2-13)1-4(10)6(9)12-5/h1,7,14H. The number of aliphatic imine (C=N–C) groups is 1. The van der Waals surface area contributed by atoms with Gasteiger partial charge in [0.1, 0.15) is 5.15 Å². The number of halogens is 3. The molecule has 0 aliphatic heterocycles. The number of hydrogen-bond acceptors (Lipinski definition) is 4. The van der Waals surface area contributed by atoms with E-state index in [1.54, 1.807) is 0 Å². The van der Waals surface area contributed by atoms with Crippen molar-refractivity contribution in [2.24, 2.45) is 4.99 Å². The maximum atomic E-state index is 12.9. The molecule has 0 aromatic carbocycles. The first-order valence-corrected chi connectivity index (χ1v) is 4.08. The fourth-order valence-electron chi connectivity index (χ4n) is 0.760. The molecule has 1 atom stereocenters. The third-order valence-corrected chi connectivity index (χ3v) is 1.93. The van der Waals surface area contributed by atoms with Crippen molar-refractivity contribution in [3.8, 4) is 0 Å². The summed E-state index contributed by atoms with van der Waals surface area (Å²) < 4.78 is 12.9. The second kappa shape index (κ2) is 4.48. The topological polar surface area (TPSA) is 62.5 Å². The molecular formula is C7H3Cl2FN2O2. The van der Waals surface area contributed by atoms with E-state index in [2.05, 4.69) is 9.98 Å². The van der Waals surface area contributed by atoms with Gasteiger partial charge in [-0.1, -0.05) is 23.2 Å². The third-order valence-electron chi connectivity index (χ3n) is 1.37. The summed E-state index contributed by atoms with van der Waals surface area (Å²) in [6, 6.07) is 0.850. The summed E-state index contributed by atoms with van der Waals surface area (Å²) in [7, 11) is 0. The summed E-state index contributed by atoms with van der Waals surface area (Å²) in [5.74, 6) is -0.855. The van der Waals surface area contributed by atoms with E-state index in [-0.39, 0.29) is 10.7 Å². The van der Waals surface area contributed by atoms with E-state index in [0.29, 0.717) is 0 Å². The summed E-state index contributed by atoms with van der Waals surface area (Å²) in [6.07, 6.45) is -0.474. The number of pyridine rings is 1. The molecule has 0 spiro atoms. The van der Waals surface area contributed by atoms with Gasteiger partial charge in [-0.3, -0.25) is 0 Å². The van der Waals surface area contributed by atoms with E-state index in [4.69, 9.17) is 28.3 Å². The largest absolute Gasteiger partial charge is 0.367 e.